The maximum absolute atomic E-state index is 10.5. The van der Waals surface area contributed by atoms with Gasteiger partial charge in [0.15, 0.2) is 0 Å². The molecule has 0 aliphatic heterocycles. The van der Waals surface area contributed by atoms with Crippen molar-refractivity contribution >= 4 is 28.6 Å². The Kier molecular flexibility index (Phi) is 4.31. The summed E-state index contributed by atoms with van der Waals surface area (Å²) in [6, 6.07) is 0. The van der Waals surface area contributed by atoms with Crippen LogP contribution < -0.4 is 0 Å². The lowest BCUT2D eigenvalue weighted by molar-refractivity contribution is -0.140. The van der Waals surface area contributed by atoms with Gasteiger partial charge in [0.1, 0.15) is 3.92 Å². The number of aliphatic carboxylic acids is 1. The number of alkyl halides is 1. The van der Waals surface area contributed by atoms with Gasteiger partial charge in [-0.2, -0.15) is 0 Å². The molecule has 3 nitrogen and oxygen atoms in total. The first-order chi connectivity index (χ1) is 4.91. The third-order valence-electron chi connectivity index (χ3n) is 1.52. The highest BCUT2D eigenvalue weighted by Gasteiger charge is 2.34. The summed E-state index contributed by atoms with van der Waals surface area (Å²) in [7, 11) is 0. The van der Waals surface area contributed by atoms with Crippen LogP contribution >= 0.6 is 22.6 Å². The SMILES string of the molecule is CCC[C@](C)(O)[C@@H](I)C(=O)O. The Morgan fingerprint density at radius 1 is 1.73 bits per heavy atom. The molecule has 0 aliphatic carbocycles. The van der Waals surface area contributed by atoms with Gasteiger partial charge in [-0.25, -0.2) is 0 Å². The topological polar surface area (TPSA) is 57.5 Å². The molecular weight excluding hydrogens is 259 g/mol. The molecule has 0 fully saturated rings. The summed E-state index contributed by atoms with van der Waals surface area (Å²) < 4.78 is -0.722. The average molecular weight is 272 g/mol. The van der Waals surface area contributed by atoms with E-state index in [1.165, 1.54) is 0 Å². The van der Waals surface area contributed by atoms with Gasteiger partial charge in [-0.1, -0.05) is 35.9 Å². The van der Waals surface area contributed by atoms with Gasteiger partial charge in [-0.3, -0.25) is 4.79 Å². The van der Waals surface area contributed by atoms with Crippen LogP contribution in [-0.4, -0.2) is 25.7 Å². The first-order valence-electron chi connectivity index (χ1n) is 3.51. The number of carboxylic acid groups (broad SMARTS) is 1. The number of hydrogen-bond acceptors (Lipinski definition) is 2. The predicted octanol–water partition coefficient (Wildman–Crippen LogP) is 1.43. The Labute approximate surface area is 79.9 Å². The van der Waals surface area contributed by atoms with Gasteiger partial charge in [-0.15, -0.1) is 0 Å². The molecule has 4 heteroatoms. The van der Waals surface area contributed by atoms with Crippen molar-refractivity contribution in [2.24, 2.45) is 0 Å². The zero-order valence-corrected chi connectivity index (χ0v) is 8.83. The standard InChI is InChI=1S/C7H13IO3/c1-3-4-7(2,11)5(8)6(9)10/h5,11H,3-4H2,1-2H3,(H,9,10)/t5-,7-/m0/s1. The lowest BCUT2D eigenvalue weighted by atomic mass is 9.97. The van der Waals surface area contributed by atoms with Gasteiger partial charge in [-0.05, 0) is 13.3 Å². The molecule has 0 aromatic carbocycles. The van der Waals surface area contributed by atoms with Crippen LogP contribution in [0.5, 0.6) is 0 Å². The molecule has 0 spiro atoms. The van der Waals surface area contributed by atoms with Crippen LogP contribution in [0, 0.1) is 0 Å². The molecule has 0 saturated carbocycles. The van der Waals surface area contributed by atoms with Crippen LogP contribution in [0.1, 0.15) is 26.7 Å². The van der Waals surface area contributed by atoms with E-state index in [1.54, 1.807) is 29.5 Å². The molecule has 0 radical (unpaired) electrons. The third kappa shape index (κ3) is 3.37. The Morgan fingerprint density at radius 3 is 2.45 bits per heavy atom. The molecule has 11 heavy (non-hydrogen) atoms. The molecule has 0 aromatic heterocycles. The highest BCUT2D eigenvalue weighted by Crippen LogP contribution is 2.23. The van der Waals surface area contributed by atoms with E-state index in [4.69, 9.17) is 5.11 Å². The fourth-order valence-electron chi connectivity index (χ4n) is 0.899. The van der Waals surface area contributed by atoms with E-state index in [0.717, 1.165) is 6.42 Å². The van der Waals surface area contributed by atoms with Gasteiger partial charge in [0, 0.05) is 0 Å². The van der Waals surface area contributed by atoms with E-state index in [1.807, 2.05) is 6.92 Å². The number of carbonyl (C=O) groups is 1. The molecule has 0 rings (SSSR count). The minimum atomic E-state index is -1.08. The van der Waals surface area contributed by atoms with Gasteiger partial charge >= 0.3 is 5.97 Å². The molecule has 0 saturated heterocycles. The fourth-order valence-corrected chi connectivity index (χ4v) is 1.21. The van der Waals surface area contributed by atoms with Crippen LogP contribution in [0.25, 0.3) is 0 Å². The summed E-state index contributed by atoms with van der Waals surface area (Å²) in [6.07, 6.45) is 1.31. The lowest BCUT2D eigenvalue weighted by Gasteiger charge is -2.25. The van der Waals surface area contributed by atoms with Gasteiger partial charge in [0.2, 0.25) is 0 Å². The van der Waals surface area contributed by atoms with Crippen molar-refractivity contribution in [3.8, 4) is 0 Å². The predicted molar refractivity (Wildman–Crippen MR) is 51.0 cm³/mol. The van der Waals surface area contributed by atoms with E-state index < -0.39 is 15.5 Å². The summed E-state index contributed by atoms with van der Waals surface area (Å²) in [5.41, 5.74) is -1.08. The summed E-state index contributed by atoms with van der Waals surface area (Å²) in [4.78, 5) is 10.5. The Balaban J connectivity index is 4.16. The molecule has 0 aliphatic rings. The van der Waals surface area contributed by atoms with Crippen molar-refractivity contribution in [2.75, 3.05) is 0 Å². The molecule has 66 valence electrons. The van der Waals surface area contributed by atoms with Gasteiger partial charge in [0.25, 0.3) is 0 Å². The van der Waals surface area contributed by atoms with Crippen LogP contribution in [0.2, 0.25) is 0 Å². The Bertz CT molecular complexity index is 145. The average Bonchev–Trinajstić information content (AvgIpc) is 1.86. The van der Waals surface area contributed by atoms with Crippen LogP contribution in [0.4, 0.5) is 0 Å². The number of rotatable bonds is 4. The molecule has 0 aromatic rings. The summed E-state index contributed by atoms with van der Waals surface area (Å²) >= 11 is 1.75. The maximum atomic E-state index is 10.5. The molecule has 0 bridgehead atoms. The number of halogens is 1. The van der Waals surface area contributed by atoms with E-state index in [9.17, 15) is 9.90 Å². The minimum absolute atomic E-state index is 0.521. The van der Waals surface area contributed by atoms with E-state index in [-0.39, 0.29) is 0 Å². The summed E-state index contributed by atoms with van der Waals surface area (Å²) in [6.45, 7) is 3.47. The first-order valence-corrected chi connectivity index (χ1v) is 4.75. The number of carboxylic acids is 1. The summed E-state index contributed by atoms with van der Waals surface area (Å²) in [5, 5.41) is 18.1. The second-order valence-electron chi connectivity index (χ2n) is 2.81. The van der Waals surface area contributed by atoms with E-state index >= 15 is 0 Å². The monoisotopic (exact) mass is 272 g/mol. The first kappa shape index (κ1) is 11.2. The van der Waals surface area contributed by atoms with Crippen molar-refractivity contribution in [1.82, 2.24) is 0 Å². The highest BCUT2D eigenvalue weighted by molar-refractivity contribution is 14.1. The number of hydrogen-bond donors (Lipinski definition) is 2. The van der Waals surface area contributed by atoms with Crippen LogP contribution in [-0.2, 0) is 4.79 Å². The van der Waals surface area contributed by atoms with Crippen molar-refractivity contribution in [2.45, 2.75) is 36.2 Å². The Hall–Kier alpha value is 0.160. The minimum Gasteiger partial charge on any atom is -0.480 e. The third-order valence-corrected chi connectivity index (χ3v) is 3.39. The maximum Gasteiger partial charge on any atom is 0.319 e. The Morgan fingerprint density at radius 2 is 2.18 bits per heavy atom. The molecule has 0 unspecified atom stereocenters. The van der Waals surface area contributed by atoms with Crippen LogP contribution in [0.15, 0.2) is 0 Å². The van der Waals surface area contributed by atoms with E-state index in [0.29, 0.717) is 6.42 Å². The second-order valence-corrected chi connectivity index (χ2v) is 4.05. The lowest BCUT2D eigenvalue weighted by Crippen LogP contribution is -2.40. The van der Waals surface area contributed by atoms with Crippen molar-refractivity contribution in [1.29, 1.82) is 0 Å². The second kappa shape index (κ2) is 4.25. The zero-order valence-electron chi connectivity index (χ0n) is 6.67. The van der Waals surface area contributed by atoms with Gasteiger partial charge < -0.3 is 10.2 Å². The molecule has 2 N–H and O–H groups in total. The van der Waals surface area contributed by atoms with Crippen molar-refractivity contribution in [3.05, 3.63) is 0 Å². The van der Waals surface area contributed by atoms with Crippen molar-refractivity contribution in [3.63, 3.8) is 0 Å². The molecular formula is C7H13IO3. The smallest absolute Gasteiger partial charge is 0.319 e. The largest absolute Gasteiger partial charge is 0.480 e. The summed E-state index contributed by atoms with van der Waals surface area (Å²) in [5.74, 6) is -0.955. The molecule has 2 atom stereocenters. The molecule has 0 heterocycles. The molecule has 0 amide bonds. The zero-order chi connectivity index (χ0) is 9.07. The number of aliphatic hydroxyl groups is 1. The van der Waals surface area contributed by atoms with Crippen LogP contribution in [0.3, 0.4) is 0 Å². The fraction of sp³-hybridized carbons (Fsp3) is 0.857. The normalized spacial score (nSPS) is 18.9. The van der Waals surface area contributed by atoms with Gasteiger partial charge in [0.05, 0.1) is 5.60 Å². The quantitative estimate of drug-likeness (QED) is 0.601. The van der Waals surface area contributed by atoms with Crippen molar-refractivity contribution < 1.29 is 15.0 Å². The van der Waals surface area contributed by atoms with E-state index in [2.05, 4.69) is 0 Å². The highest BCUT2D eigenvalue weighted by atomic mass is 127.